The summed E-state index contributed by atoms with van der Waals surface area (Å²) in [5.41, 5.74) is -0.223. The smallest absolute Gasteiger partial charge is 0.347 e. The summed E-state index contributed by atoms with van der Waals surface area (Å²) in [6.45, 7) is 2.07. The maximum absolute atomic E-state index is 12.9. The fraction of sp³-hybridized carbons (Fsp3) is 0.174. The number of benzene rings is 3. The van der Waals surface area contributed by atoms with Crippen LogP contribution in [0.2, 0.25) is 0 Å². The van der Waals surface area contributed by atoms with E-state index in [1.54, 1.807) is 0 Å². The van der Waals surface area contributed by atoms with E-state index in [4.69, 9.17) is 4.74 Å². The summed E-state index contributed by atoms with van der Waals surface area (Å²) in [5, 5.41) is 3.61. The van der Waals surface area contributed by atoms with E-state index in [2.05, 4.69) is 79.7 Å². The Morgan fingerprint density at radius 3 is 1.38 bits per heavy atom. The summed E-state index contributed by atoms with van der Waals surface area (Å²) in [6.07, 6.45) is 0.721. The molecule has 0 aliphatic rings. The second-order valence-corrected chi connectivity index (χ2v) is 9.79. The number of carbonyl (C=O) groups excluding carboxylic acids is 1. The van der Waals surface area contributed by atoms with Gasteiger partial charge in [-0.25, -0.2) is 4.79 Å². The van der Waals surface area contributed by atoms with Crippen molar-refractivity contribution in [3.05, 3.63) is 91.0 Å². The summed E-state index contributed by atoms with van der Waals surface area (Å²) in [5.74, 6) is -0.141. The van der Waals surface area contributed by atoms with Crippen LogP contribution in [0.5, 0.6) is 0 Å². The largest absolute Gasteiger partial charge is 0.466 e. The van der Waals surface area contributed by atoms with Crippen molar-refractivity contribution in [1.29, 1.82) is 0 Å². The lowest BCUT2D eigenvalue weighted by Gasteiger charge is -2.32. The van der Waals surface area contributed by atoms with E-state index in [9.17, 15) is 4.79 Å². The number of methoxy groups -OCH3 is 1. The maximum atomic E-state index is 12.9. The summed E-state index contributed by atoms with van der Waals surface area (Å²) in [7, 11) is -0.724. The zero-order valence-corrected chi connectivity index (χ0v) is 16.1. The van der Waals surface area contributed by atoms with Crippen molar-refractivity contribution < 1.29 is 9.53 Å². The van der Waals surface area contributed by atoms with Crippen LogP contribution in [0.3, 0.4) is 0 Å². The van der Waals surface area contributed by atoms with Gasteiger partial charge in [0, 0.05) is 0 Å². The van der Waals surface area contributed by atoms with Crippen molar-refractivity contribution in [2.45, 2.75) is 19.0 Å². The van der Waals surface area contributed by atoms with E-state index in [1.807, 2.05) is 18.2 Å². The monoisotopic (exact) mass is 363 g/mol. The van der Waals surface area contributed by atoms with Crippen molar-refractivity contribution in [2.75, 3.05) is 7.11 Å². The fourth-order valence-corrected chi connectivity index (χ4v) is 8.58. The third-order valence-corrected chi connectivity index (χ3v) is 9.67. The van der Waals surface area contributed by atoms with Crippen LogP contribution in [0.25, 0.3) is 0 Å². The summed E-state index contributed by atoms with van der Waals surface area (Å²) < 4.78 is 5.26. The predicted molar refractivity (Wildman–Crippen MR) is 111 cm³/mol. The van der Waals surface area contributed by atoms with Crippen LogP contribution >= 0.6 is 7.26 Å². The van der Waals surface area contributed by atoms with E-state index in [0.717, 1.165) is 6.42 Å². The first-order valence-electron chi connectivity index (χ1n) is 8.88. The zero-order chi connectivity index (χ0) is 18.4. The first-order valence-corrected chi connectivity index (χ1v) is 10.7. The molecule has 3 aromatic carbocycles. The summed E-state index contributed by atoms with van der Waals surface area (Å²) >= 11 is 0. The minimum absolute atomic E-state index is 0.141. The topological polar surface area (TPSA) is 26.3 Å². The van der Waals surface area contributed by atoms with E-state index in [0.29, 0.717) is 0 Å². The van der Waals surface area contributed by atoms with Crippen molar-refractivity contribution in [2.24, 2.45) is 0 Å². The highest BCUT2D eigenvalue weighted by Gasteiger charge is 2.55. The van der Waals surface area contributed by atoms with Gasteiger partial charge in [-0.1, -0.05) is 61.5 Å². The highest BCUT2D eigenvalue weighted by atomic mass is 31.2. The molecule has 1 atom stereocenters. The lowest BCUT2D eigenvalue weighted by molar-refractivity contribution is -0.140. The van der Waals surface area contributed by atoms with Gasteiger partial charge < -0.3 is 4.74 Å². The molecule has 0 saturated carbocycles. The zero-order valence-electron chi connectivity index (χ0n) is 15.2. The molecular weight excluding hydrogens is 339 g/mol. The Bertz CT molecular complexity index is 735. The average molecular weight is 363 g/mol. The molecule has 0 heterocycles. The Morgan fingerprint density at radius 2 is 1.12 bits per heavy atom. The molecule has 0 radical (unpaired) electrons. The first-order chi connectivity index (χ1) is 12.7. The second-order valence-electron chi connectivity index (χ2n) is 6.18. The van der Waals surface area contributed by atoms with E-state index < -0.39 is 7.26 Å². The third kappa shape index (κ3) is 3.18. The second kappa shape index (κ2) is 8.29. The predicted octanol–water partition coefficient (Wildman–Crippen LogP) is 3.93. The van der Waals surface area contributed by atoms with Crippen molar-refractivity contribution in [1.82, 2.24) is 0 Å². The summed E-state index contributed by atoms with van der Waals surface area (Å²) in [6, 6.07) is 31.3. The maximum Gasteiger partial charge on any atom is 0.347 e. The molecule has 3 aromatic rings. The minimum atomic E-state index is -2.21. The van der Waals surface area contributed by atoms with Gasteiger partial charge in [0.25, 0.3) is 0 Å². The molecule has 0 saturated heterocycles. The van der Waals surface area contributed by atoms with Crippen LogP contribution < -0.4 is 15.9 Å². The quantitative estimate of drug-likeness (QED) is 0.490. The number of esters is 1. The number of rotatable bonds is 6. The molecule has 0 aromatic heterocycles. The van der Waals surface area contributed by atoms with Gasteiger partial charge in [-0.2, -0.15) is 0 Å². The van der Waals surface area contributed by atoms with Crippen LogP contribution in [-0.4, -0.2) is 18.7 Å². The van der Waals surface area contributed by atoms with Gasteiger partial charge in [-0.05, 0) is 42.8 Å². The lowest BCUT2D eigenvalue weighted by atomic mass is 10.3. The minimum Gasteiger partial charge on any atom is -0.466 e. The van der Waals surface area contributed by atoms with Gasteiger partial charge in [-0.15, -0.1) is 0 Å². The van der Waals surface area contributed by atoms with E-state index in [-0.39, 0.29) is 11.6 Å². The third-order valence-electron chi connectivity index (χ3n) is 4.82. The van der Waals surface area contributed by atoms with Crippen LogP contribution in [0.4, 0.5) is 0 Å². The van der Waals surface area contributed by atoms with Gasteiger partial charge in [0.15, 0.2) is 5.66 Å². The molecule has 26 heavy (non-hydrogen) atoms. The Kier molecular flexibility index (Phi) is 5.85. The molecular formula is C23H24O2P+. The lowest BCUT2D eigenvalue weighted by Crippen LogP contribution is -2.42. The standard InChI is InChI=1S/C23H24O2P/c1-3-22(23(24)25-2)26(19-13-7-4-8-14-19,20-15-9-5-10-16-20)21-17-11-6-12-18-21/h4-18,22H,3H2,1-2H3/q+1. The average Bonchev–Trinajstić information content (AvgIpc) is 2.73. The normalized spacial score (nSPS) is 12.4. The van der Waals surface area contributed by atoms with Crippen molar-refractivity contribution in [3.63, 3.8) is 0 Å². The molecule has 2 nitrogen and oxygen atoms in total. The SMILES string of the molecule is CCC(C(=O)OC)[P+](c1ccccc1)(c1ccccc1)c1ccccc1. The van der Waals surface area contributed by atoms with Crippen LogP contribution in [-0.2, 0) is 9.53 Å². The number of ether oxygens (including phenoxy) is 1. The molecule has 1 unspecified atom stereocenters. The van der Waals surface area contributed by atoms with E-state index in [1.165, 1.54) is 23.0 Å². The number of carbonyl (C=O) groups is 1. The molecule has 132 valence electrons. The van der Waals surface area contributed by atoms with Gasteiger partial charge in [0.2, 0.25) is 0 Å². The van der Waals surface area contributed by atoms with Gasteiger partial charge in [0.1, 0.15) is 23.2 Å². The Balaban J connectivity index is 2.41. The van der Waals surface area contributed by atoms with Gasteiger partial charge in [0.05, 0.1) is 7.11 Å². The molecule has 3 heteroatoms. The fourth-order valence-electron chi connectivity index (χ4n) is 3.71. The molecule has 0 spiro atoms. The van der Waals surface area contributed by atoms with Crippen LogP contribution in [0, 0.1) is 0 Å². The highest BCUT2D eigenvalue weighted by molar-refractivity contribution is 7.96. The van der Waals surface area contributed by atoms with Crippen LogP contribution in [0.1, 0.15) is 13.3 Å². The Labute approximate surface area is 156 Å². The van der Waals surface area contributed by atoms with E-state index >= 15 is 0 Å². The molecule has 0 bridgehead atoms. The first kappa shape index (κ1) is 18.4. The van der Waals surface area contributed by atoms with Gasteiger partial charge in [-0.3, -0.25) is 0 Å². The molecule has 0 N–H and O–H groups in total. The Hall–Kier alpha value is -2.44. The molecule has 0 fully saturated rings. The van der Waals surface area contributed by atoms with Crippen molar-refractivity contribution in [3.8, 4) is 0 Å². The van der Waals surface area contributed by atoms with Crippen molar-refractivity contribution >= 4 is 29.1 Å². The van der Waals surface area contributed by atoms with Crippen LogP contribution in [0.15, 0.2) is 91.0 Å². The molecule has 0 aliphatic heterocycles. The number of hydrogen-bond donors (Lipinski definition) is 0. The molecule has 3 rings (SSSR count). The number of hydrogen-bond acceptors (Lipinski definition) is 2. The highest BCUT2D eigenvalue weighted by Crippen LogP contribution is 2.60. The molecule has 0 amide bonds. The molecule has 0 aliphatic carbocycles. The van der Waals surface area contributed by atoms with Gasteiger partial charge >= 0.3 is 5.97 Å². The summed E-state index contributed by atoms with van der Waals surface area (Å²) in [4.78, 5) is 12.9. The Morgan fingerprint density at radius 1 is 0.769 bits per heavy atom.